The molecule has 0 bridgehead atoms. The van der Waals surface area contributed by atoms with E-state index in [1.165, 1.54) is 4.88 Å². The largest absolute Gasteiger partial charge is 0.409 e. The van der Waals surface area contributed by atoms with Gasteiger partial charge in [-0.1, -0.05) is 18.1 Å². The topological polar surface area (TPSA) is 67.8 Å². The van der Waals surface area contributed by atoms with Crippen LogP contribution in [-0.4, -0.2) is 17.1 Å². The second-order valence-electron chi connectivity index (χ2n) is 3.22. The molecule has 0 radical (unpaired) electrons. The van der Waals surface area contributed by atoms with Crippen LogP contribution in [0.15, 0.2) is 22.7 Å². The smallest absolute Gasteiger partial charge is 0.141 e. The van der Waals surface area contributed by atoms with Gasteiger partial charge in [-0.25, -0.2) is 0 Å². The zero-order valence-electron chi connectivity index (χ0n) is 8.72. The maximum Gasteiger partial charge on any atom is 0.141 e. The van der Waals surface area contributed by atoms with Crippen LogP contribution in [0.5, 0.6) is 0 Å². The van der Waals surface area contributed by atoms with Crippen LogP contribution >= 0.6 is 11.3 Å². The summed E-state index contributed by atoms with van der Waals surface area (Å²) in [6.07, 6.45) is 1.34. The molecular formula is C10H16N2O2S. The molecule has 5 heteroatoms. The molecular weight excluding hydrogens is 212 g/mol. The molecule has 0 aliphatic rings. The van der Waals surface area contributed by atoms with Crippen LogP contribution in [0.4, 0.5) is 0 Å². The highest BCUT2D eigenvalue weighted by Crippen LogP contribution is 2.13. The van der Waals surface area contributed by atoms with E-state index in [0.29, 0.717) is 13.0 Å². The van der Waals surface area contributed by atoms with E-state index >= 15 is 0 Å². The molecule has 1 rings (SSSR count). The molecule has 1 aromatic rings. The Morgan fingerprint density at radius 1 is 1.73 bits per heavy atom. The summed E-state index contributed by atoms with van der Waals surface area (Å²) in [4.78, 5) is 1.19. The van der Waals surface area contributed by atoms with E-state index in [0.717, 1.165) is 6.42 Å². The number of thiophene rings is 1. The van der Waals surface area contributed by atoms with Crippen molar-refractivity contribution in [2.24, 2.45) is 10.9 Å². The number of nitrogens with zero attached hydrogens (tertiary/aromatic N) is 1. The molecule has 0 amide bonds. The lowest BCUT2D eigenvalue weighted by molar-refractivity contribution is 0.0440. The van der Waals surface area contributed by atoms with Gasteiger partial charge in [-0.05, 0) is 17.9 Å². The molecule has 0 saturated heterocycles. The van der Waals surface area contributed by atoms with Crippen molar-refractivity contribution in [3.63, 3.8) is 0 Å². The van der Waals surface area contributed by atoms with Gasteiger partial charge in [0, 0.05) is 11.3 Å². The van der Waals surface area contributed by atoms with E-state index in [-0.39, 0.29) is 11.9 Å². The van der Waals surface area contributed by atoms with Gasteiger partial charge in [0.05, 0.1) is 12.7 Å². The third-order valence-electron chi connectivity index (χ3n) is 2.06. The number of hydrogen-bond acceptors (Lipinski definition) is 4. The number of nitrogens with two attached hydrogens (primary N) is 1. The van der Waals surface area contributed by atoms with Crippen molar-refractivity contribution in [2.45, 2.75) is 32.5 Å². The van der Waals surface area contributed by atoms with Gasteiger partial charge >= 0.3 is 0 Å². The van der Waals surface area contributed by atoms with E-state index in [2.05, 4.69) is 5.16 Å². The highest BCUT2D eigenvalue weighted by molar-refractivity contribution is 7.09. The molecule has 4 nitrogen and oxygen atoms in total. The SMILES string of the molecule is CCC(C/C(N)=N/O)OCc1cccs1. The summed E-state index contributed by atoms with van der Waals surface area (Å²) in [5.74, 6) is 0.216. The maximum absolute atomic E-state index is 8.44. The summed E-state index contributed by atoms with van der Waals surface area (Å²) < 4.78 is 5.65. The van der Waals surface area contributed by atoms with Gasteiger partial charge < -0.3 is 15.7 Å². The monoisotopic (exact) mass is 228 g/mol. The summed E-state index contributed by atoms with van der Waals surface area (Å²) in [7, 11) is 0. The van der Waals surface area contributed by atoms with Crippen LogP contribution in [0.2, 0.25) is 0 Å². The average Bonchev–Trinajstić information content (AvgIpc) is 2.76. The predicted octanol–water partition coefficient (Wildman–Crippen LogP) is 2.18. The Bertz CT molecular complexity index is 298. The molecule has 0 fully saturated rings. The van der Waals surface area contributed by atoms with Gasteiger partial charge in [-0.3, -0.25) is 0 Å². The van der Waals surface area contributed by atoms with Crippen molar-refractivity contribution in [3.05, 3.63) is 22.4 Å². The van der Waals surface area contributed by atoms with Crippen LogP contribution in [0, 0.1) is 0 Å². The van der Waals surface area contributed by atoms with Gasteiger partial charge in [-0.15, -0.1) is 11.3 Å². The maximum atomic E-state index is 8.44. The number of amidine groups is 1. The van der Waals surface area contributed by atoms with Gasteiger partial charge in [-0.2, -0.15) is 0 Å². The molecule has 1 unspecified atom stereocenters. The van der Waals surface area contributed by atoms with Crippen molar-refractivity contribution in [1.82, 2.24) is 0 Å². The first kappa shape index (κ1) is 12.0. The van der Waals surface area contributed by atoms with Crippen molar-refractivity contribution < 1.29 is 9.94 Å². The summed E-state index contributed by atoms with van der Waals surface area (Å²) in [6, 6.07) is 4.02. The van der Waals surface area contributed by atoms with Crippen LogP contribution < -0.4 is 5.73 Å². The van der Waals surface area contributed by atoms with E-state index in [4.69, 9.17) is 15.7 Å². The fourth-order valence-corrected chi connectivity index (χ4v) is 1.82. The van der Waals surface area contributed by atoms with Gasteiger partial charge in [0.25, 0.3) is 0 Å². The zero-order chi connectivity index (χ0) is 11.1. The molecule has 3 N–H and O–H groups in total. The Morgan fingerprint density at radius 2 is 2.53 bits per heavy atom. The number of oxime groups is 1. The van der Waals surface area contributed by atoms with Gasteiger partial charge in [0.1, 0.15) is 5.84 Å². The highest BCUT2D eigenvalue weighted by Gasteiger charge is 2.09. The molecule has 84 valence electrons. The van der Waals surface area contributed by atoms with Gasteiger partial charge in [0.2, 0.25) is 0 Å². The summed E-state index contributed by atoms with van der Waals surface area (Å²) in [5, 5.41) is 13.4. The molecule has 1 atom stereocenters. The highest BCUT2D eigenvalue weighted by atomic mass is 32.1. The fraction of sp³-hybridized carbons (Fsp3) is 0.500. The number of ether oxygens (including phenoxy) is 1. The van der Waals surface area contributed by atoms with Crippen molar-refractivity contribution >= 4 is 17.2 Å². The second kappa shape index (κ2) is 6.42. The summed E-state index contributed by atoms with van der Waals surface area (Å²) in [6.45, 7) is 2.61. The van der Waals surface area contributed by atoms with Gasteiger partial charge in [0.15, 0.2) is 0 Å². The van der Waals surface area contributed by atoms with Crippen molar-refractivity contribution in [1.29, 1.82) is 0 Å². The van der Waals surface area contributed by atoms with E-state index < -0.39 is 0 Å². The third kappa shape index (κ3) is 4.31. The van der Waals surface area contributed by atoms with Crippen LogP contribution in [0.25, 0.3) is 0 Å². The molecule has 0 spiro atoms. The Labute approximate surface area is 93.4 Å². The average molecular weight is 228 g/mol. The standard InChI is InChI=1S/C10H16N2O2S/c1-2-8(6-10(11)12-13)14-7-9-4-3-5-15-9/h3-5,8,13H,2,6-7H2,1H3,(H2,11,12). The van der Waals surface area contributed by atoms with Crippen molar-refractivity contribution in [2.75, 3.05) is 0 Å². The predicted molar refractivity (Wildman–Crippen MR) is 61.2 cm³/mol. The molecule has 0 aliphatic carbocycles. The number of hydrogen-bond donors (Lipinski definition) is 2. The van der Waals surface area contributed by atoms with Crippen molar-refractivity contribution in [3.8, 4) is 0 Å². The first-order valence-electron chi connectivity index (χ1n) is 4.86. The lowest BCUT2D eigenvalue weighted by atomic mass is 10.2. The first-order valence-corrected chi connectivity index (χ1v) is 5.74. The minimum atomic E-state index is 0.0167. The zero-order valence-corrected chi connectivity index (χ0v) is 9.54. The Hall–Kier alpha value is -1.07. The first-order chi connectivity index (χ1) is 7.26. The molecule has 0 aromatic carbocycles. The quantitative estimate of drug-likeness (QED) is 0.339. The Kier molecular flexibility index (Phi) is 5.14. The van der Waals surface area contributed by atoms with Crippen LogP contribution in [0.3, 0.4) is 0 Å². The Morgan fingerprint density at radius 3 is 3.07 bits per heavy atom. The Balaban J connectivity index is 2.34. The van der Waals surface area contributed by atoms with E-state index in [9.17, 15) is 0 Å². The molecule has 15 heavy (non-hydrogen) atoms. The minimum Gasteiger partial charge on any atom is -0.409 e. The second-order valence-corrected chi connectivity index (χ2v) is 4.25. The third-order valence-corrected chi connectivity index (χ3v) is 2.91. The molecule has 1 aromatic heterocycles. The summed E-state index contributed by atoms with van der Waals surface area (Å²) >= 11 is 1.66. The fourth-order valence-electron chi connectivity index (χ4n) is 1.19. The lowest BCUT2D eigenvalue weighted by Crippen LogP contribution is -2.22. The van der Waals surface area contributed by atoms with E-state index in [1.54, 1.807) is 11.3 Å². The van der Waals surface area contributed by atoms with Crippen LogP contribution in [-0.2, 0) is 11.3 Å². The van der Waals surface area contributed by atoms with Crippen LogP contribution in [0.1, 0.15) is 24.6 Å². The molecule has 0 saturated carbocycles. The van der Waals surface area contributed by atoms with E-state index in [1.807, 2.05) is 24.4 Å². The molecule has 0 aliphatic heterocycles. The number of rotatable bonds is 6. The minimum absolute atomic E-state index is 0.0167. The normalized spacial score (nSPS) is 14.1. The lowest BCUT2D eigenvalue weighted by Gasteiger charge is -2.14. The summed E-state index contributed by atoms with van der Waals surface area (Å²) in [5.41, 5.74) is 5.42. The molecule has 1 heterocycles.